The molecule has 5 rings (SSSR count). The van der Waals surface area contributed by atoms with Gasteiger partial charge >= 0.3 is 6.03 Å². The molecule has 162 valence electrons. The van der Waals surface area contributed by atoms with Gasteiger partial charge < -0.3 is 9.80 Å². The van der Waals surface area contributed by atoms with Crippen molar-refractivity contribution in [3.63, 3.8) is 0 Å². The fourth-order valence-electron chi connectivity index (χ4n) is 4.40. The summed E-state index contributed by atoms with van der Waals surface area (Å²) in [6.45, 7) is 1.16. The Morgan fingerprint density at radius 2 is 1.66 bits per heavy atom. The maximum atomic E-state index is 13.1. The molecule has 2 aliphatic rings. The number of carbonyl (C=O) groups excluding carboxylic acids is 3. The van der Waals surface area contributed by atoms with Gasteiger partial charge in [0.05, 0.1) is 11.4 Å². The van der Waals surface area contributed by atoms with E-state index in [1.807, 2.05) is 59.6 Å². The molecule has 2 saturated heterocycles. The van der Waals surface area contributed by atoms with Crippen molar-refractivity contribution in [3.8, 4) is 5.69 Å². The molecule has 0 N–H and O–H groups in total. The molecule has 0 saturated carbocycles. The Kier molecular flexibility index (Phi) is 5.18. The summed E-state index contributed by atoms with van der Waals surface area (Å²) < 4.78 is 1.72. The summed E-state index contributed by atoms with van der Waals surface area (Å²) in [5.41, 5.74) is 2.03. The van der Waals surface area contributed by atoms with Gasteiger partial charge in [0.15, 0.2) is 0 Å². The van der Waals surface area contributed by atoms with Gasteiger partial charge in [-0.15, -0.1) is 0 Å². The monoisotopic (exact) mass is 429 g/mol. The molecule has 2 aliphatic heterocycles. The lowest BCUT2D eigenvalue weighted by Crippen LogP contribution is -2.48. The van der Waals surface area contributed by atoms with Crippen molar-refractivity contribution in [2.75, 3.05) is 24.5 Å². The Morgan fingerprint density at radius 1 is 0.906 bits per heavy atom. The number of aromatic nitrogens is 2. The molecule has 4 amide bonds. The van der Waals surface area contributed by atoms with Crippen molar-refractivity contribution in [1.29, 1.82) is 0 Å². The highest BCUT2D eigenvalue weighted by atomic mass is 16.2. The number of nitrogens with zero attached hydrogens (tertiary/aromatic N) is 5. The minimum Gasteiger partial charge on any atom is -0.338 e. The first-order chi connectivity index (χ1) is 15.6. The molecule has 0 bridgehead atoms. The van der Waals surface area contributed by atoms with Crippen LogP contribution in [0.3, 0.4) is 0 Å². The van der Waals surface area contributed by atoms with Crippen molar-refractivity contribution in [3.05, 3.63) is 78.6 Å². The zero-order chi connectivity index (χ0) is 22.1. The lowest BCUT2D eigenvalue weighted by Gasteiger charge is -2.36. The zero-order valence-electron chi connectivity index (χ0n) is 17.5. The average Bonchev–Trinajstić information content (AvgIpc) is 3.48. The number of hydrogen-bond donors (Lipinski definition) is 0. The number of carbonyl (C=O) groups is 3. The first-order valence-corrected chi connectivity index (χ1v) is 10.7. The molecule has 0 spiro atoms. The van der Waals surface area contributed by atoms with Crippen LogP contribution in [0.1, 0.15) is 23.2 Å². The van der Waals surface area contributed by atoms with Crippen LogP contribution in [-0.2, 0) is 4.79 Å². The van der Waals surface area contributed by atoms with Gasteiger partial charge in [-0.1, -0.05) is 24.3 Å². The van der Waals surface area contributed by atoms with Gasteiger partial charge in [-0.3, -0.25) is 9.59 Å². The van der Waals surface area contributed by atoms with Crippen LogP contribution in [0.25, 0.3) is 5.69 Å². The van der Waals surface area contributed by atoms with Gasteiger partial charge in [0.1, 0.15) is 6.54 Å². The first-order valence-electron chi connectivity index (χ1n) is 10.7. The van der Waals surface area contributed by atoms with Gasteiger partial charge in [0, 0.05) is 37.1 Å². The molecule has 3 heterocycles. The van der Waals surface area contributed by atoms with Crippen molar-refractivity contribution in [1.82, 2.24) is 19.6 Å². The van der Waals surface area contributed by atoms with E-state index in [-0.39, 0.29) is 30.4 Å². The lowest BCUT2D eigenvalue weighted by atomic mass is 10.0. The van der Waals surface area contributed by atoms with Gasteiger partial charge in [-0.05, 0) is 49.2 Å². The molecule has 8 nitrogen and oxygen atoms in total. The Hall–Kier alpha value is -3.94. The molecule has 2 fully saturated rings. The summed E-state index contributed by atoms with van der Waals surface area (Å²) in [6, 6.07) is 17.9. The summed E-state index contributed by atoms with van der Waals surface area (Å²) in [4.78, 5) is 43.2. The third-order valence-electron chi connectivity index (χ3n) is 6.06. The van der Waals surface area contributed by atoms with E-state index in [1.165, 1.54) is 4.90 Å². The van der Waals surface area contributed by atoms with Crippen LogP contribution in [0.5, 0.6) is 0 Å². The number of hydrogen-bond acceptors (Lipinski definition) is 4. The summed E-state index contributed by atoms with van der Waals surface area (Å²) in [5, 5.41) is 4.22. The second kappa shape index (κ2) is 8.30. The number of benzene rings is 2. The van der Waals surface area contributed by atoms with Crippen LogP contribution in [0.2, 0.25) is 0 Å². The van der Waals surface area contributed by atoms with Crippen LogP contribution in [-0.4, -0.2) is 63.1 Å². The molecular weight excluding hydrogens is 406 g/mol. The highest BCUT2D eigenvalue weighted by Crippen LogP contribution is 2.27. The molecule has 0 radical (unpaired) electrons. The lowest BCUT2D eigenvalue weighted by molar-refractivity contribution is -0.116. The molecule has 3 aromatic rings. The van der Waals surface area contributed by atoms with Crippen molar-refractivity contribution in [2.45, 2.75) is 18.9 Å². The molecule has 0 aliphatic carbocycles. The predicted molar refractivity (Wildman–Crippen MR) is 119 cm³/mol. The van der Waals surface area contributed by atoms with E-state index >= 15 is 0 Å². The minimum absolute atomic E-state index is 0.0350. The smallest absolute Gasteiger partial charge is 0.332 e. The van der Waals surface area contributed by atoms with E-state index in [4.69, 9.17) is 0 Å². The Bertz CT molecular complexity index is 1140. The molecular formula is C24H23N5O3. The Labute approximate surface area is 185 Å². The van der Waals surface area contributed by atoms with E-state index in [9.17, 15) is 14.4 Å². The Balaban J connectivity index is 1.24. The maximum Gasteiger partial charge on any atom is 0.332 e. The maximum absolute atomic E-state index is 13.1. The second-order valence-electron chi connectivity index (χ2n) is 8.00. The Morgan fingerprint density at radius 3 is 2.38 bits per heavy atom. The van der Waals surface area contributed by atoms with Crippen molar-refractivity contribution < 1.29 is 14.4 Å². The van der Waals surface area contributed by atoms with Crippen LogP contribution in [0.15, 0.2) is 73.1 Å². The number of urea groups is 1. The molecule has 32 heavy (non-hydrogen) atoms. The molecule has 2 aromatic carbocycles. The highest BCUT2D eigenvalue weighted by molar-refractivity contribution is 6.19. The number of piperidine rings is 1. The van der Waals surface area contributed by atoms with E-state index in [1.54, 1.807) is 27.9 Å². The number of rotatable bonds is 4. The largest absolute Gasteiger partial charge is 0.338 e. The van der Waals surface area contributed by atoms with Gasteiger partial charge in [-0.25, -0.2) is 14.4 Å². The predicted octanol–water partition coefficient (Wildman–Crippen LogP) is 2.95. The molecule has 0 atom stereocenters. The summed E-state index contributed by atoms with van der Waals surface area (Å²) >= 11 is 0. The standard InChI is InChI=1S/C24H23N5O3/c30-22-17-27(24(32)29(22)20-7-2-1-3-8-20)19-10-14-26(15-11-19)23(31)18-6-4-9-21(16-18)28-13-5-12-25-28/h1-9,12-13,16,19H,10-11,14-15,17H2. The average molecular weight is 429 g/mol. The number of imide groups is 1. The van der Waals surface area contributed by atoms with Crippen LogP contribution in [0.4, 0.5) is 10.5 Å². The fraction of sp³-hybridized carbons (Fsp3) is 0.250. The zero-order valence-corrected chi connectivity index (χ0v) is 17.5. The van der Waals surface area contributed by atoms with Crippen LogP contribution < -0.4 is 4.90 Å². The van der Waals surface area contributed by atoms with E-state index in [0.717, 1.165) is 5.69 Å². The van der Waals surface area contributed by atoms with Crippen molar-refractivity contribution in [2.24, 2.45) is 0 Å². The third-order valence-corrected chi connectivity index (χ3v) is 6.06. The quantitative estimate of drug-likeness (QED) is 0.598. The summed E-state index contributed by atoms with van der Waals surface area (Å²) in [6.07, 6.45) is 4.82. The number of anilines is 1. The number of para-hydroxylation sites is 1. The summed E-state index contributed by atoms with van der Waals surface area (Å²) in [7, 11) is 0. The first kappa shape index (κ1) is 20.0. The van der Waals surface area contributed by atoms with E-state index in [2.05, 4.69) is 5.10 Å². The van der Waals surface area contributed by atoms with Gasteiger partial charge in [-0.2, -0.15) is 5.10 Å². The third kappa shape index (κ3) is 3.64. The number of likely N-dealkylation sites (tertiary alicyclic amines) is 1. The number of amides is 4. The van der Waals surface area contributed by atoms with E-state index in [0.29, 0.717) is 37.2 Å². The summed E-state index contributed by atoms with van der Waals surface area (Å²) in [5.74, 6) is -0.248. The minimum atomic E-state index is -0.280. The van der Waals surface area contributed by atoms with Crippen LogP contribution >= 0.6 is 0 Å². The molecule has 8 heteroatoms. The normalized spacial score (nSPS) is 17.3. The second-order valence-corrected chi connectivity index (χ2v) is 8.00. The van der Waals surface area contributed by atoms with E-state index < -0.39 is 0 Å². The fourth-order valence-corrected chi connectivity index (χ4v) is 4.40. The van der Waals surface area contributed by atoms with Crippen molar-refractivity contribution >= 4 is 23.5 Å². The van der Waals surface area contributed by atoms with Gasteiger partial charge in [0.25, 0.3) is 11.8 Å². The molecule has 1 aromatic heterocycles. The van der Waals surface area contributed by atoms with Gasteiger partial charge in [0.2, 0.25) is 0 Å². The molecule has 0 unspecified atom stereocenters. The highest BCUT2D eigenvalue weighted by Gasteiger charge is 2.41. The topological polar surface area (TPSA) is 78.8 Å². The SMILES string of the molecule is O=C(c1cccc(-n2cccn2)c1)N1CCC(N2CC(=O)N(c3ccccc3)C2=O)CC1. The van der Waals surface area contributed by atoms with Crippen LogP contribution in [0, 0.1) is 0 Å².